The second kappa shape index (κ2) is 49.7. The summed E-state index contributed by atoms with van der Waals surface area (Å²) in [5.74, 6) is -0.101. The SMILES string of the molecule is CCCCCCCCCCCCCC/C=C/C(O)C(CO)NC(=O)CCCCCCCCC/C=C\C/C=C\CCCCCOC(=O)CCCCCCCCCCCCCC. The smallest absolute Gasteiger partial charge is 0.305 e. The molecule has 0 aliphatic rings. The van der Waals surface area contributed by atoms with Gasteiger partial charge in [-0.05, 0) is 70.6 Å². The molecule has 0 aliphatic carbocycles. The van der Waals surface area contributed by atoms with Gasteiger partial charge in [0.15, 0.2) is 0 Å². The second-order valence-corrected chi connectivity index (χ2v) is 17.9. The highest BCUT2D eigenvalue weighted by Gasteiger charge is 2.18. The van der Waals surface area contributed by atoms with Gasteiger partial charge in [0, 0.05) is 12.8 Å². The highest BCUT2D eigenvalue weighted by molar-refractivity contribution is 5.76. The number of esters is 1. The number of nitrogens with one attached hydrogen (secondary N) is 1. The van der Waals surface area contributed by atoms with Crippen molar-refractivity contribution in [3.63, 3.8) is 0 Å². The molecule has 0 aliphatic heterocycles. The van der Waals surface area contributed by atoms with E-state index in [1.165, 1.54) is 161 Å². The number of hydrogen-bond acceptors (Lipinski definition) is 5. The van der Waals surface area contributed by atoms with Crippen molar-refractivity contribution < 1.29 is 24.5 Å². The predicted molar refractivity (Wildman–Crippen MR) is 259 cm³/mol. The Labute approximate surface area is 373 Å². The lowest BCUT2D eigenvalue weighted by atomic mass is 10.0. The molecule has 352 valence electrons. The molecule has 6 heteroatoms. The van der Waals surface area contributed by atoms with Gasteiger partial charge in [-0.25, -0.2) is 0 Å². The monoisotopic (exact) mass is 844 g/mol. The first-order valence-corrected chi connectivity index (χ1v) is 26.3. The van der Waals surface area contributed by atoms with Crippen LogP contribution in [0, 0.1) is 0 Å². The molecule has 1 amide bonds. The second-order valence-electron chi connectivity index (χ2n) is 17.9. The Hall–Kier alpha value is -1.92. The van der Waals surface area contributed by atoms with Gasteiger partial charge in [-0.2, -0.15) is 0 Å². The lowest BCUT2D eigenvalue weighted by Crippen LogP contribution is -2.45. The molecule has 2 unspecified atom stereocenters. The molecule has 0 saturated heterocycles. The number of unbranched alkanes of at least 4 members (excludes halogenated alkanes) is 33. The van der Waals surface area contributed by atoms with Gasteiger partial charge in [-0.3, -0.25) is 9.59 Å². The minimum atomic E-state index is -0.854. The van der Waals surface area contributed by atoms with Crippen LogP contribution in [0.5, 0.6) is 0 Å². The minimum Gasteiger partial charge on any atom is -0.466 e. The molecule has 0 heterocycles. The van der Waals surface area contributed by atoms with Gasteiger partial charge < -0.3 is 20.3 Å². The van der Waals surface area contributed by atoms with E-state index in [0.717, 1.165) is 83.5 Å². The van der Waals surface area contributed by atoms with E-state index in [2.05, 4.69) is 43.5 Å². The molecule has 0 bridgehead atoms. The number of carbonyl (C=O) groups is 2. The fourth-order valence-corrected chi connectivity index (χ4v) is 7.84. The van der Waals surface area contributed by atoms with Gasteiger partial charge >= 0.3 is 5.97 Å². The zero-order valence-corrected chi connectivity index (χ0v) is 39.9. The Bertz CT molecular complexity index is 977. The van der Waals surface area contributed by atoms with Crippen LogP contribution in [0.3, 0.4) is 0 Å². The van der Waals surface area contributed by atoms with Crippen molar-refractivity contribution >= 4 is 11.9 Å². The summed E-state index contributed by atoms with van der Waals surface area (Å²) in [6.45, 7) is 4.85. The van der Waals surface area contributed by atoms with Gasteiger partial charge in [0.05, 0.1) is 25.4 Å². The van der Waals surface area contributed by atoms with E-state index in [1.807, 2.05) is 6.08 Å². The number of allylic oxidation sites excluding steroid dienone is 5. The number of amides is 1. The summed E-state index contributed by atoms with van der Waals surface area (Å²) < 4.78 is 5.43. The Morgan fingerprint density at radius 2 is 0.833 bits per heavy atom. The summed E-state index contributed by atoms with van der Waals surface area (Å²) in [6.07, 6.45) is 60.0. The zero-order valence-electron chi connectivity index (χ0n) is 39.9. The third-order valence-corrected chi connectivity index (χ3v) is 11.9. The minimum absolute atomic E-state index is 0.0163. The first-order valence-electron chi connectivity index (χ1n) is 26.3. The third-order valence-electron chi connectivity index (χ3n) is 11.9. The number of aliphatic hydroxyl groups is 2. The molecule has 3 N–H and O–H groups in total. The van der Waals surface area contributed by atoms with Crippen molar-refractivity contribution in [3.8, 4) is 0 Å². The van der Waals surface area contributed by atoms with Crippen molar-refractivity contribution in [2.75, 3.05) is 13.2 Å². The van der Waals surface area contributed by atoms with E-state index in [1.54, 1.807) is 6.08 Å². The van der Waals surface area contributed by atoms with E-state index in [-0.39, 0.29) is 18.5 Å². The maximum absolute atomic E-state index is 12.4. The molecule has 0 saturated carbocycles. The molecule has 0 fully saturated rings. The first kappa shape index (κ1) is 58.1. The highest BCUT2D eigenvalue weighted by atomic mass is 16.5. The lowest BCUT2D eigenvalue weighted by molar-refractivity contribution is -0.143. The molecule has 0 radical (unpaired) electrons. The predicted octanol–water partition coefficient (Wildman–Crippen LogP) is 15.7. The number of hydrogen-bond donors (Lipinski definition) is 3. The molecule has 0 rings (SSSR count). The normalized spacial score (nSPS) is 12.9. The van der Waals surface area contributed by atoms with E-state index in [0.29, 0.717) is 19.4 Å². The lowest BCUT2D eigenvalue weighted by Gasteiger charge is -2.20. The zero-order chi connectivity index (χ0) is 43.7. The van der Waals surface area contributed by atoms with Crippen LogP contribution in [0.1, 0.15) is 271 Å². The number of carbonyl (C=O) groups excluding carboxylic acids is 2. The van der Waals surface area contributed by atoms with Crippen LogP contribution in [-0.2, 0) is 14.3 Å². The maximum Gasteiger partial charge on any atom is 0.305 e. The summed E-state index contributed by atoms with van der Waals surface area (Å²) in [5, 5.41) is 23.0. The van der Waals surface area contributed by atoms with Crippen LogP contribution in [0.25, 0.3) is 0 Å². The van der Waals surface area contributed by atoms with Crippen LogP contribution in [0.15, 0.2) is 36.5 Å². The van der Waals surface area contributed by atoms with Gasteiger partial charge in [0.25, 0.3) is 0 Å². The summed E-state index contributed by atoms with van der Waals surface area (Å²) >= 11 is 0. The fourth-order valence-electron chi connectivity index (χ4n) is 7.84. The molecule has 0 aromatic carbocycles. The fraction of sp³-hybridized carbons (Fsp3) is 0.852. The first-order chi connectivity index (χ1) is 29.5. The Kier molecular flexibility index (Phi) is 48.1. The van der Waals surface area contributed by atoms with E-state index in [9.17, 15) is 19.8 Å². The quantitative estimate of drug-likeness (QED) is 0.0322. The number of aliphatic hydroxyl groups excluding tert-OH is 2. The van der Waals surface area contributed by atoms with Gasteiger partial charge in [0.1, 0.15) is 0 Å². The van der Waals surface area contributed by atoms with Crippen molar-refractivity contribution in [1.82, 2.24) is 5.32 Å². The van der Waals surface area contributed by atoms with Crippen LogP contribution in [0.4, 0.5) is 0 Å². The molecule has 0 aromatic heterocycles. The molecule has 2 atom stereocenters. The highest BCUT2D eigenvalue weighted by Crippen LogP contribution is 2.15. The van der Waals surface area contributed by atoms with Crippen molar-refractivity contribution in [1.29, 1.82) is 0 Å². The third kappa shape index (κ3) is 45.6. The van der Waals surface area contributed by atoms with E-state index < -0.39 is 12.1 Å². The molecule has 60 heavy (non-hydrogen) atoms. The molecule has 0 spiro atoms. The van der Waals surface area contributed by atoms with Gasteiger partial charge in [-0.15, -0.1) is 0 Å². The Morgan fingerprint density at radius 3 is 1.27 bits per heavy atom. The maximum atomic E-state index is 12.4. The van der Waals surface area contributed by atoms with Gasteiger partial charge in [0.2, 0.25) is 5.91 Å². The van der Waals surface area contributed by atoms with Crippen molar-refractivity contribution in [2.45, 2.75) is 283 Å². The molecular weight excluding hydrogens is 743 g/mol. The summed E-state index contributed by atoms with van der Waals surface area (Å²) in [4.78, 5) is 24.4. The summed E-state index contributed by atoms with van der Waals surface area (Å²) in [7, 11) is 0. The Balaban J connectivity index is 3.54. The van der Waals surface area contributed by atoms with Crippen LogP contribution >= 0.6 is 0 Å². The molecular formula is C54H101NO5. The largest absolute Gasteiger partial charge is 0.466 e. The average Bonchev–Trinajstić information content (AvgIpc) is 3.25. The van der Waals surface area contributed by atoms with Crippen molar-refractivity contribution in [3.05, 3.63) is 36.5 Å². The summed E-state index contributed by atoms with van der Waals surface area (Å²) in [6, 6.07) is -0.639. The van der Waals surface area contributed by atoms with Gasteiger partial charge in [-0.1, -0.05) is 224 Å². The van der Waals surface area contributed by atoms with E-state index in [4.69, 9.17) is 4.74 Å². The van der Waals surface area contributed by atoms with Crippen LogP contribution < -0.4 is 5.32 Å². The Morgan fingerprint density at radius 1 is 0.467 bits per heavy atom. The standard InChI is InChI=1S/C54H101NO5/c1-3-5-7-9-11-13-15-17-23-26-30-34-38-42-46-52(57)51(50-56)55-53(58)47-43-39-35-31-27-24-21-19-18-20-22-25-29-33-37-41-45-49-60-54(59)48-44-40-36-32-28-16-14-12-10-8-6-4-2/h18,20,25,29,42,46,51-52,56-57H,3-17,19,21-24,26-28,30-41,43-45,47-50H2,1-2H3,(H,55,58)/b20-18-,29-25-,46-42+. The molecule has 0 aromatic rings. The average molecular weight is 844 g/mol. The summed E-state index contributed by atoms with van der Waals surface area (Å²) in [5.41, 5.74) is 0. The van der Waals surface area contributed by atoms with Crippen molar-refractivity contribution in [2.24, 2.45) is 0 Å². The topological polar surface area (TPSA) is 95.9 Å². The van der Waals surface area contributed by atoms with Crippen LogP contribution in [0.2, 0.25) is 0 Å². The molecule has 6 nitrogen and oxygen atoms in total. The number of rotatable bonds is 48. The van der Waals surface area contributed by atoms with E-state index >= 15 is 0 Å². The van der Waals surface area contributed by atoms with Crippen LogP contribution in [-0.4, -0.2) is 47.4 Å². The number of ether oxygens (including phenoxy) is 1.